The smallest absolute Gasteiger partial charge is 0.355 e. The Morgan fingerprint density at radius 2 is 1.95 bits per heavy atom. The van der Waals surface area contributed by atoms with E-state index in [9.17, 15) is 4.79 Å². The van der Waals surface area contributed by atoms with Crippen LogP contribution in [0, 0.1) is 0 Å². The van der Waals surface area contributed by atoms with Gasteiger partial charge >= 0.3 is 5.97 Å². The molecule has 106 valence electrons. The number of esters is 1. The molecule has 0 fully saturated rings. The topological polar surface area (TPSA) is 52.8 Å². The molecule has 0 amide bonds. The Labute approximate surface area is 121 Å². The second-order valence-corrected chi connectivity index (χ2v) is 4.48. The van der Waals surface area contributed by atoms with Crippen molar-refractivity contribution < 1.29 is 14.3 Å². The van der Waals surface area contributed by atoms with Crippen LogP contribution in [0.4, 0.5) is 0 Å². The van der Waals surface area contributed by atoms with Crippen LogP contribution >= 0.6 is 0 Å². The van der Waals surface area contributed by atoms with E-state index in [0.717, 1.165) is 16.8 Å². The summed E-state index contributed by atoms with van der Waals surface area (Å²) < 4.78 is 11.9. The van der Waals surface area contributed by atoms with Gasteiger partial charge in [-0.3, -0.25) is 4.40 Å². The number of nitrogens with zero attached hydrogens (tertiary/aromatic N) is 2. The first kappa shape index (κ1) is 13.2. The van der Waals surface area contributed by atoms with Crippen molar-refractivity contribution in [1.29, 1.82) is 0 Å². The number of hydrogen-bond acceptors (Lipinski definition) is 4. The van der Waals surface area contributed by atoms with Gasteiger partial charge in [0.2, 0.25) is 0 Å². The van der Waals surface area contributed by atoms with Gasteiger partial charge in [0, 0.05) is 5.56 Å². The number of methoxy groups -OCH3 is 2. The van der Waals surface area contributed by atoms with Gasteiger partial charge in [0.15, 0.2) is 0 Å². The number of carbonyl (C=O) groups is 1. The van der Waals surface area contributed by atoms with Gasteiger partial charge in [-0.2, -0.15) is 0 Å². The fourth-order valence-corrected chi connectivity index (χ4v) is 2.28. The molecule has 2 aromatic heterocycles. The van der Waals surface area contributed by atoms with E-state index in [1.165, 1.54) is 7.11 Å². The van der Waals surface area contributed by atoms with Crippen molar-refractivity contribution in [3.05, 3.63) is 54.4 Å². The monoisotopic (exact) mass is 282 g/mol. The van der Waals surface area contributed by atoms with Crippen LogP contribution in [0.1, 0.15) is 10.5 Å². The van der Waals surface area contributed by atoms with Crippen LogP contribution in [0.2, 0.25) is 0 Å². The Balaban J connectivity index is 2.25. The molecular formula is C16H14N2O3. The quantitative estimate of drug-likeness (QED) is 0.693. The fourth-order valence-electron chi connectivity index (χ4n) is 2.28. The van der Waals surface area contributed by atoms with Crippen molar-refractivity contribution >= 4 is 11.5 Å². The van der Waals surface area contributed by atoms with E-state index in [2.05, 4.69) is 4.98 Å². The van der Waals surface area contributed by atoms with Crippen LogP contribution in [0.15, 0.2) is 48.7 Å². The molecule has 0 atom stereocenters. The number of ether oxygens (including phenoxy) is 2. The summed E-state index contributed by atoms with van der Waals surface area (Å²) in [6, 6.07) is 13.0. The minimum Gasteiger partial charge on any atom is -0.497 e. The van der Waals surface area contributed by atoms with Crippen LogP contribution in [0.3, 0.4) is 0 Å². The second kappa shape index (κ2) is 5.28. The number of pyridine rings is 1. The van der Waals surface area contributed by atoms with Crippen LogP contribution in [0.25, 0.3) is 16.9 Å². The second-order valence-electron chi connectivity index (χ2n) is 4.48. The van der Waals surface area contributed by atoms with Gasteiger partial charge in [0.25, 0.3) is 0 Å². The highest BCUT2D eigenvalue weighted by Gasteiger charge is 2.15. The first-order valence-corrected chi connectivity index (χ1v) is 6.44. The minimum atomic E-state index is -0.400. The molecule has 0 aliphatic carbocycles. The third-order valence-electron chi connectivity index (χ3n) is 3.27. The number of aromatic nitrogens is 2. The molecule has 3 aromatic rings. The predicted molar refractivity (Wildman–Crippen MR) is 78.5 cm³/mol. The van der Waals surface area contributed by atoms with Gasteiger partial charge < -0.3 is 9.47 Å². The summed E-state index contributed by atoms with van der Waals surface area (Å²) in [5, 5.41) is 0. The molecule has 2 heterocycles. The van der Waals surface area contributed by atoms with Gasteiger partial charge in [0.05, 0.1) is 25.9 Å². The van der Waals surface area contributed by atoms with Crippen molar-refractivity contribution in [1.82, 2.24) is 9.38 Å². The van der Waals surface area contributed by atoms with Crippen molar-refractivity contribution in [2.45, 2.75) is 0 Å². The molecule has 0 unspecified atom stereocenters. The van der Waals surface area contributed by atoms with Crippen LogP contribution in [-0.2, 0) is 4.74 Å². The number of carbonyl (C=O) groups excluding carboxylic acids is 1. The molecule has 0 aliphatic rings. The van der Waals surface area contributed by atoms with Crippen LogP contribution in [0.5, 0.6) is 5.75 Å². The molecule has 0 saturated heterocycles. The number of benzene rings is 1. The zero-order valence-electron chi connectivity index (χ0n) is 11.7. The average Bonchev–Trinajstić information content (AvgIpc) is 2.98. The third kappa shape index (κ3) is 2.23. The first-order chi connectivity index (χ1) is 10.2. The average molecular weight is 282 g/mol. The lowest BCUT2D eigenvalue weighted by Gasteiger charge is -2.08. The molecule has 0 aliphatic heterocycles. The first-order valence-electron chi connectivity index (χ1n) is 6.44. The summed E-state index contributed by atoms with van der Waals surface area (Å²) in [5.41, 5.74) is 2.13. The molecule has 0 saturated carbocycles. The van der Waals surface area contributed by atoms with Gasteiger partial charge in [-0.15, -0.1) is 0 Å². The highest BCUT2D eigenvalue weighted by Crippen LogP contribution is 2.25. The fraction of sp³-hybridized carbons (Fsp3) is 0.125. The summed E-state index contributed by atoms with van der Waals surface area (Å²) in [4.78, 5) is 16.4. The summed E-state index contributed by atoms with van der Waals surface area (Å²) in [7, 11) is 2.98. The van der Waals surface area contributed by atoms with E-state index in [1.807, 2.05) is 30.3 Å². The molecule has 5 heteroatoms. The maximum absolute atomic E-state index is 11.9. The van der Waals surface area contributed by atoms with E-state index in [-0.39, 0.29) is 0 Å². The maximum Gasteiger partial charge on any atom is 0.355 e. The molecule has 1 aromatic carbocycles. The standard InChI is InChI=1S/C16H14N2O3/c1-20-13-7-3-5-11(9-13)15-17-10-12-6-4-8-14(18(12)15)16(19)21-2/h3-10H,1-2H3. The molecule has 3 rings (SSSR count). The zero-order valence-corrected chi connectivity index (χ0v) is 11.7. The Kier molecular flexibility index (Phi) is 3.31. The number of rotatable bonds is 3. The lowest BCUT2D eigenvalue weighted by molar-refractivity contribution is 0.0592. The third-order valence-corrected chi connectivity index (χ3v) is 3.27. The Bertz CT molecular complexity index is 808. The molecule has 0 radical (unpaired) electrons. The molecule has 21 heavy (non-hydrogen) atoms. The molecule has 5 nitrogen and oxygen atoms in total. The number of fused-ring (bicyclic) bond motifs is 1. The zero-order chi connectivity index (χ0) is 14.8. The molecule has 0 N–H and O–H groups in total. The van der Waals surface area contributed by atoms with E-state index < -0.39 is 5.97 Å². The summed E-state index contributed by atoms with van der Waals surface area (Å²) in [6.45, 7) is 0. The van der Waals surface area contributed by atoms with E-state index in [1.54, 1.807) is 29.8 Å². The highest BCUT2D eigenvalue weighted by molar-refractivity contribution is 5.89. The molecule has 0 spiro atoms. The van der Waals surface area contributed by atoms with E-state index in [0.29, 0.717) is 11.5 Å². The van der Waals surface area contributed by atoms with Crippen molar-refractivity contribution in [2.24, 2.45) is 0 Å². The number of imidazole rings is 1. The van der Waals surface area contributed by atoms with Crippen molar-refractivity contribution in [3.8, 4) is 17.1 Å². The Morgan fingerprint density at radius 3 is 2.71 bits per heavy atom. The van der Waals surface area contributed by atoms with Gasteiger partial charge in [-0.1, -0.05) is 18.2 Å². The largest absolute Gasteiger partial charge is 0.497 e. The summed E-state index contributed by atoms with van der Waals surface area (Å²) in [6.07, 6.45) is 1.72. The van der Waals surface area contributed by atoms with Crippen molar-refractivity contribution in [3.63, 3.8) is 0 Å². The Hall–Kier alpha value is -2.82. The maximum atomic E-state index is 11.9. The van der Waals surface area contributed by atoms with Gasteiger partial charge in [-0.05, 0) is 24.3 Å². The molecular weight excluding hydrogens is 268 g/mol. The Morgan fingerprint density at radius 1 is 1.14 bits per heavy atom. The molecule has 0 bridgehead atoms. The SMILES string of the molecule is COC(=O)c1cccc2cnc(-c3cccc(OC)c3)n12. The van der Waals surface area contributed by atoms with Gasteiger partial charge in [0.1, 0.15) is 17.3 Å². The lowest BCUT2D eigenvalue weighted by atomic mass is 10.2. The van der Waals surface area contributed by atoms with Crippen LogP contribution < -0.4 is 4.74 Å². The lowest BCUT2D eigenvalue weighted by Crippen LogP contribution is -2.08. The van der Waals surface area contributed by atoms with Gasteiger partial charge in [-0.25, -0.2) is 9.78 Å². The summed E-state index contributed by atoms with van der Waals surface area (Å²) in [5.74, 6) is 1.01. The van der Waals surface area contributed by atoms with Crippen molar-refractivity contribution in [2.75, 3.05) is 14.2 Å². The highest BCUT2D eigenvalue weighted by atomic mass is 16.5. The van der Waals surface area contributed by atoms with E-state index >= 15 is 0 Å². The van der Waals surface area contributed by atoms with Crippen LogP contribution in [-0.4, -0.2) is 29.6 Å². The normalized spacial score (nSPS) is 10.6. The summed E-state index contributed by atoms with van der Waals surface area (Å²) >= 11 is 0. The minimum absolute atomic E-state index is 0.400. The number of hydrogen-bond donors (Lipinski definition) is 0. The van der Waals surface area contributed by atoms with E-state index in [4.69, 9.17) is 9.47 Å². The predicted octanol–water partition coefficient (Wildman–Crippen LogP) is 2.80.